The zero-order valence-electron chi connectivity index (χ0n) is 10.9. The highest BCUT2D eigenvalue weighted by Crippen LogP contribution is 2.19. The highest BCUT2D eigenvalue weighted by atomic mass is 35.5. The number of rotatable bonds is 5. The number of hydrogen-bond acceptors (Lipinski definition) is 3. The summed E-state index contributed by atoms with van der Waals surface area (Å²) in [5.74, 6) is 0. The molecule has 0 radical (unpaired) electrons. The molecule has 0 bridgehead atoms. The summed E-state index contributed by atoms with van der Waals surface area (Å²) in [5, 5.41) is 3.52. The SMILES string of the molecule is CNCc1cccc(NS(=O)(=O)c2ccc(Cl)cc2)c1. The molecule has 0 aromatic heterocycles. The van der Waals surface area contributed by atoms with Gasteiger partial charge >= 0.3 is 0 Å². The van der Waals surface area contributed by atoms with Crippen LogP contribution in [0.1, 0.15) is 5.56 Å². The summed E-state index contributed by atoms with van der Waals surface area (Å²) in [5.41, 5.74) is 1.54. The van der Waals surface area contributed by atoms with Gasteiger partial charge in [-0.2, -0.15) is 0 Å². The molecule has 0 amide bonds. The molecule has 20 heavy (non-hydrogen) atoms. The molecule has 0 spiro atoms. The fraction of sp³-hybridized carbons (Fsp3) is 0.143. The second-order valence-corrected chi connectivity index (χ2v) is 6.41. The Kier molecular flexibility index (Phi) is 4.65. The predicted octanol–water partition coefficient (Wildman–Crippen LogP) is 2.86. The first-order valence-corrected chi connectivity index (χ1v) is 7.89. The smallest absolute Gasteiger partial charge is 0.261 e. The number of anilines is 1. The van der Waals surface area contributed by atoms with Crippen molar-refractivity contribution in [1.82, 2.24) is 5.32 Å². The van der Waals surface area contributed by atoms with E-state index in [-0.39, 0.29) is 4.90 Å². The van der Waals surface area contributed by atoms with E-state index in [2.05, 4.69) is 10.0 Å². The first-order valence-electron chi connectivity index (χ1n) is 6.03. The lowest BCUT2D eigenvalue weighted by Gasteiger charge is -2.09. The van der Waals surface area contributed by atoms with Crippen molar-refractivity contribution in [3.63, 3.8) is 0 Å². The average Bonchev–Trinajstić information content (AvgIpc) is 2.39. The summed E-state index contributed by atoms with van der Waals surface area (Å²) < 4.78 is 27.0. The van der Waals surface area contributed by atoms with Crippen LogP contribution in [0.5, 0.6) is 0 Å². The third-order valence-corrected chi connectivity index (χ3v) is 4.33. The second kappa shape index (κ2) is 6.26. The van der Waals surface area contributed by atoms with Gasteiger partial charge in [-0.1, -0.05) is 23.7 Å². The lowest BCUT2D eigenvalue weighted by atomic mass is 10.2. The molecule has 2 aromatic carbocycles. The predicted molar refractivity (Wildman–Crippen MR) is 81.5 cm³/mol. The van der Waals surface area contributed by atoms with E-state index >= 15 is 0 Å². The van der Waals surface area contributed by atoms with E-state index in [1.54, 1.807) is 24.3 Å². The Morgan fingerprint density at radius 3 is 2.45 bits per heavy atom. The topological polar surface area (TPSA) is 58.2 Å². The van der Waals surface area contributed by atoms with Crippen LogP contribution in [0.4, 0.5) is 5.69 Å². The Balaban J connectivity index is 2.24. The van der Waals surface area contributed by atoms with Crippen LogP contribution in [0.25, 0.3) is 0 Å². The lowest BCUT2D eigenvalue weighted by molar-refractivity contribution is 0.601. The fourth-order valence-electron chi connectivity index (χ4n) is 1.78. The Hall–Kier alpha value is -1.56. The van der Waals surface area contributed by atoms with E-state index in [0.717, 1.165) is 5.56 Å². The van der Waals surface area contributed by atoms with Crippen molar-refractivity contribution in [2.75, 3.05) is 11.8 Å². The number of sulfonamides is 1. The first-order chi connectivity index (χ1) is 9.51. The van der Waals surface area contributed by atoms with Crippen LogP contribution in [0.3, 0.4) is 0 Å². The molecule has 0 unspecified atom stereocenters. The van der Waals surface area contributed by atoms with Crippen molar-refractivity contribution in [2.24, 2.45) is 0 Å². The van der Waals surface area contributed by atoms with Gasteiger partial charge in [0.1, 0.15) is 0 Å². The Labute approximate surface area is 123 Å². The van der Waals surface area contributed by atoms with Crippen molar-refractivity contribution < 1.29 is 8.42 Å². The average molecular weight is 311 g/mol. The van der Waals surface area contributed by atoms with Gasteiger partial charge in [0.05, 0.1) is 4.90 Å². The van der Waals surface area contributed by atoms with Gasteiger partial charge in [-0.25, -0.2) is 8.42 Å². The second-order valence-electron chi connectivity index (χ2n) is 4.29. The van der Waals surface area contributed by atoms with Crippen molar-refractivity contribution in [2.45, 2.75) is 11.4 Å². The first kappa shape index (κ1) is 14.8. The van der Waals surface area contributed by atoms with Gasteiger partial charge in [0.25, 0.3) is 10.0 Å². The van der Waals surface area contributed by atoms with Crippen LogP contribution in [0.15, 0.2) is 53.4 Å². The van der Waals surface area contributed by atoms with Gasteiger partial charge in [0.15, 0.2) is 0 Å². The van der Waals surface area contributed by atoms with Crippen LogP contribution in [-0.2, 0) is 16.6 Å². The minimum absolute atomic E-state index is 0.181. The Morgan fingerprint density at radius 1 is 1.10 bits per heavy atom. The van der Waals surface area contributed by atoms with E-state index in [0.29, 0.717) is 17.3 Å². The Morgan fingerprint density at radius 2 is 1.80 bits per heavy atom. The normalized spacial score (nSPS) is 11.3. The molecule has 6 heteroatoms. The highest BCUT2D eigenvalue weighted by Gasteiger charge is 2.13. The molecule has 0 saturated heterocycles. The molecule has 0 atom stereocenters. The monoisotopic (exact) mass is 310 g/mol. The lowest BCUT2D eigenvalue weighted by Crippen LogP contribution is -2.13. The third-order valence-electron chi connectivity index (χ3n) is 2.68. The zero-order valence-corrected chi connectivity index (χ0v) is 12.5. The number of nitrogens with one attached hydrogen (secondary N) is 2. The van der Waals surface area contributed by atoms with E-state index in [4.69, 9.17) is 11.6 Å². The summed E-state index contributed by atoms with van der Waals surface area (Å²) in [6.07, 6.45) is 0. The minimum Gasteiger partial charge on any atom is -0.316 e. The molecule has 2 N–H and O–H groups in total. The highest BCUT2D eigenvalue weighted by molar-refractivity contribution is 7.92. The van der Waals surface area contributed by atoms with Crippen molar-refractivity contribution in [1.29, 1.82) is 0 Å². The van der Waals surface area contributed by atoms with Gasteiger partial charge in [-0.15, -0.1) is 0 Å². The summed E-state index contributed by atoms with van der Waals surface area (Å²) in [7, 11) is -1.75. The molecule has 0 fully saturated rings. The Bertz CT molecular complexity index is 685. The number of hydrogen-bond donors (Lipinski definition) is 2. The summed E-state index contributed by atoms with van der Waals surface area (Å²) >= 11 is 5.76. The van der Waals surface area contributed by atoms with E-state index in [1.807, 2.05) is 19.2 Å². The molecule has 0 aliphatic rings. The molecule has 0 aliphatic carbocycles. The van der Waals surface area contributed by atoms with Crippen LogP contribution in [0.2, 0.25) is 5.02 Å². The van der Waals surface area contributed by atoms with Gasteiger partial charge in [-0.3, -0.25) is 4.72 Å². The summed E-state index contributed by atoms with van der Waals surface area (Å²) in [4.78, 5) is 0.181. The number of halogens is 1. The van der Waals surface area contributed by atoms with Crippen LogP contribution >= 0.6 is 11.6 Å². The standard InChI is InChI=1S/C14H15ClN2O2S/c1-16-10-11-3-2-4-13(9-11)17-20(18,19)14-7-5-12(15)6-8-14/h2-9,16-17H,10H2,1H3. The molecule has 4 nitrogen and oxygen atoms in total. The molecule has 2 aromatic rings. The van der Waals surface area contributed by atoms with Crippen LogP contribution in [0, 0.1) is 0 Å². The van der Waals surface area contributed by atoms with Gasteiger partial charge in [0, 0.05) is 17.3 Å². The van der Waals surface area contributed by atoms with Gasteiger partial charge in [-0.05, 0) is 49.0 Å². The van der Waals surface area contributed by atoms with E-state index in [9.17, 15) is 8.42 Å². The zero-order chi connectivity index (χ0) is 14.6. The summed E-state index contributed by atoms with van der Waals surface area (Å²) in [6, 6.07) is 13.3. The molecule has 0 heterocycles. The molecule has 0 saturated carbocycles. The van der Waals surface area contributed by atoms with Crippen molar-refractivity contribution in [3.05, 3.63) is 59.1 Å². The van der Waals surface area contributed by atoms with Gasteiger partial charge in [0.2, 0.25) is 0 Å². The maximum Gasteiger partial charge on any atom is 0.261 e. The number of benzene rings is 2. The van der Waals surface area contributed by atoms with E-state index < -0.39 is 10.0 Å². The van der Waals surface area contributed by atoms with Crippen molar-refractivity contribution >= 4 is 27.3 Å². The maximum absolute atomic E-state index is 12.2. The van der Waals surface area contributed by atoms with Crippen molar-refractivity contribution in [3.8, 4) is 0 Å². The minimum atomic E-state index is -3.59. The fourth-order valence-corrected chi connectivity index (χ4v) is 2.95. The molecular formula is C14H15ClN2O2S. The largest absolute Gasteiger partial charge is 0.316 e. The van der Waals surface area contributed by atoms with Crippen LogP contribution < -0.4 is 10.0 Å². The molecule has 2 rings (SSSR count). The van der Waals surface area contributed by atoms with E-state index in [1.165, 1.54) is 12.1 Å². The summed E-state index contributed by atoms with van der Waals surface area (Å²) in [6.45, 7) is 0.677. The molecule has 0 aliphatic heterocycles. The molecule has 106 valence electrons. The molecular weight excluding hydrogens is 296 g/mol. The quantitative estimate of drug-likeness (QED) is 0.893. The van der Waals surface area contributed by atoms with Gasteiger partial charge < -0.3 is 5.32 Å². The maximum atomic E-state index is 12.2. The van der Waals surface area contributed by atoms with Crippen LogP contribution in [-0.4, -0.2) is 15.5 Å². The third kappa shape index (κ3) is 3.72.